The van der Waals surface area contributed by atoms with E-state index < -0.39 is 0 Å². The molecule has 0 heterocycles. The molecule has 1 aromatic rings. The zero-order chi connectivity index (χ0) is 11.8. The molecule has 0 saturated carbocycles. The quantitative estimate of drug-likeness (QED) is 0.803. The molecule has 2 N–H and O–H groups in total. The van der Waals surface area contributed by atoms with Crippen LogP contribution in [0, 0.1) is 0 Å². The molecule has 0 aromatic heterocycles. The molecule has 0 atom stereocenters. The van der Waals surface area contributed by atoms with Gasteiger partial charge in [0.2, 0.25) is 5.91 Å². The van der Waals surface area contributed by atoms with E-state index in [0.29, 0.717) is 18.0 Å². The maximum Gasteiger partial charge on any atom is 0.221 e. The highest BCUT2D eigenvalue weighted by atomic mass is 35.5. The lowest BCUT2D eigenvalue weighted by Crippen LogP contribution is -2.25. The van der Waals surface area contributed by atoms with Crippen LogP contribution in [-0.4, -0.2) is 19.0 Å². The Balaban J connectivity index is 2.25. The Hall–Kier alpha value is -1.22. The van der Waals surface area contributed by atoms with Gasteiger partial charge >= 0.3 is 0 Å². The van der Waals surface area contributed by atoms with Crippen LogP contribution in [0.5, 0.6) is 0 Å². The fraction of sp³-hybridized carbons (Fsp3) is 0.417. The van der Waals surface area contributed by atoms with E-state index in [9.17, 15) is 4.79 Å². The summed E-state index contributed by atoms with van der Waals surface area (Å²) in [6, 6.07) is 7.50. The first-order valence-corrected chi connectivity index (χ1v) is 5.87. The fourth-order valence-electron chi connectivity index (χ4n) is 1.27. The number of amides is 1. The summed E-state index contributed by atoms with van der Waals surface area (Å²) in [5, 5.41) is 6.63. The summed E-state index contributed by atoms with van der Waals surface area (Å²) in [5.41, 5.74) is 0.868. The maximum atomic E-state index is 11.3. The van der Waals surface area contributed by atoms with Crippen LogP contribution >= 0.6 is 11.6 Å². The first kappa shape index (κ1) is 12.8. The zero-order valence-electron chi connectivity index (χ0n) is 9.42. The lowest BCUT2D eigenvalue weighted by molar-refractivity contribution is -0.120. The molecule has 0 fully saturated rings. The molecule has 0 aliphatic carbocycles. The molecule has 0 aliphatic heterocycles. The van der Waals surface area contributed by atoms with Gasteiger partial charge in [-0.1, -0.05) is 30.7 Å². The fourth-order valence-corrected chi connectivity index (χ4v) is 1.47. The van der Waals surface area contributed by atoms with Gasteiger partial charge in [0, 0.05) is 19.5 Å². The van der Waals surface area contributed by atoms with Gasteiger partial charge in [0.25, 0.3) is 0 Å². The molecule has 0 saturated heterocycles. The number of hydrogen-bond donors (Lipinski definition) is 2. The second-order valence-corrected chi connectivity index (χ2v) is 3.91. The van der Waals surface area contributed by atoms with E-state index >= 15 is 0 Å². The number of rotatable bonds is 6. The number of nitrogens with one attached hydrogen (secondary N) is 2. The van der Waals surface area contributed by atoms with Crippen molar-refractivity contribution in [3.05, 3.63) is 29.3 Å². The number of carbonyl (C=O) groups excluding carboxylic acids is 1. The Morgan fingerprint density at radius 2 is 2.06 bits per heavy atom. The van der Waals surface area contributed by atoms with E-state index in [2.05, 4.69) is 10.6 Å². The van der Waals surface area contributed by atoms with Crippen molar-refractivity contribution < 1.29 is 4.79 Å². The number of para-hydroxylation sites is 1. The van der Waals surface area contributed by atoms with Gasteiger partial charge < -0.3 is 10.6 Å². The molecular formula is C12H17ClN2O. The molecule has 1 aromatic carbocycles. The predicted octanol–water partition coefficient (Wildman–Crippen LogP) is 2.67. The minimum Gasteiger partial charge on any atom is -0.383 e. The molecule has 1 amide bonds. The van der Waals surface area contributed by atoms with Crippen molar-refractivity contribution in [1.82, 2.24) is 5.32 Å². The number of halogens is 1. The molecule has 0 aliphatic rings. The minimum atomic E-state index is 0.0707. The minimum absolute atomic E-state index is 0.0707. The van der Waals surface area contributed by atoms with Crippen LogP contribution in [0.4, 0.5) is 5.69 Å². The summed E-state index contributed by atoms with van der Waals surface area (Å²) in [7, 11) is 0. The van der Waals surface area contributed by atoms with Gasteiger partial charge in [0.15, 0.2) is 0 Å². The van der Waals surface area contributed by atoms with Gasteiger partial charge in [-0.25, -0.2) is 0 Å². The van der Waals surface area contributed by atoms with Crippen molar-refractivity contribution in [3.63, 3.8) is 0 Å². The smallest absolute Gasteiger partial charge is 0.221 e. The van der Waals surface area contributed by atoms with Crippen LogP contribution in [0.15, 0.2) is 24.3 Å². The normalized spacial score (nSPS) is 9.88. The van der Waals surface area contributed by atoms with Crippen molar-refractivity contribution in [2.75, 3.05) is 18.4 Å². The number of hydrogen-bond acceptors (Lipinski definition) is 2. The summed E-state index contributed by atoms with van der Waals surface area (Å²) >= 11 is 5.96. The Labute approximate surface area is 101 Å². The molecule has 0 spiro atoms. The Morgan fingerprint density at radius 1 is 1.31 bits per heavy atom. The SMILES string of the molecule is CCCNC(=O)CCNc1ccccc1Cl. The monoisotopic (exact) mass is 240 g/mol. The first-order chi connectivity index (χ1) is 7.74. The topological polar surface area (TPSA) is 41.1 Å². The summed E-state index contributed by atoms with van der Waals surface area (Å²) < 4.78 is 0. The van der Waals surface area contributed by atoms with Crippen molar-refractivity contribution in [3.8, 4) is 0 Å². The van der Waals surface area contributed by atoms with Gasteiger partial charge in [0.05, 0.1) is 10.7 Å². The van der Waals surface area contributed by atoms with Crippen molar-refractivity contribution >= 4 is 23.2 Å². The second kappa shape index (κ2) is 7.12. The van der Waals surface area contributed by atoms with Gasteiger partial charge in [0.1, 0.15) is 0 Å². The third-order valence-electron chi connectivity index (χ3n) is 2.11. The molecule has 88 valence electrons. The van der Waals surface area contributed by atoms with Crippen molar-refractivity contribution in [2.45, 2.75) is 19.8 Å². The number of benzene rings is 1. The molecule has 0 unspecified atom stereocenters. The van der Waals surface area contributed by atoms with Crippen LogP contribution in [0.25, 0.3) is 0 Å². The second-order valence-electron chi connectivity index (χ2n) is 3.51. The third kappa shape index (κ3) is 4.53. The van der Waals surface area contributed by atoms with Gasteiger partial charge in [-0.15, -0.1) is 0 Å². The van der Waals surface area contributed by atoms with Gasteiger partial charge in [-0.3, -0.25) is 4.79 Å². The third-order valence-corrected chi connectivity index (χ3v) is 2.44. The average Bonchev–Trinajstić information content (AvgIpc) is 2.29. The molecular weight excluding hydrogens is 224 g/mol. The zero-order valence-corrected chi connectivity index (χ0v) is 10.2. The summed E-state index contributed by atoms with van der Waals surface area (Å²) in [5.74, 6) is 0.0707. The maximum absolute atomic E-state index is 11.3. The summed E-state index contributed by atoms with van der Waals surface area (Å²) in [4.78, 5) is 11.3. The summed E-state index contributed by atoms with van der Waals surface area (Å²) in [6.07, 6.45) is 1.43. The number of carbonyl (C=O) groups is 1. The van der Waals surface area contributed by atoms with E-state index in [-0.39, 0.29) is 5.91 Å². The highest BCUT2D eigenvalue weighted by Crippen LogP contribution is 2.19. The molecule has 0 radical (unpaired) electrons. The first-order valence-electron chi connectivity index (χ1n) is 5.49. The molecule has 4 heteroatoms. The average molecular weight is 241 g/mol. The van der Waals surface area contributed by atoms with Crippen LogP contribution < -0.4 is 10.6 Å². The van der Waals surface area contributed by atoms with E-state index in [1.807, 2.05) is 31.2 Å². The lowest BCUT2D eigenvalue weighted by atomic mass is 10.3. The Bertz CT molecular complexity index is 342. The summed E-state index contributed by atoms with van der Waals surface area (Å²) in [6.45, 7) is 3.37. The van der Waals surface area contributed by atoms with Gasteiger partial charge in [-0.2, -0.15) is 0 Å². The van der Waals surface area contributed by atoms with E-state index in [1.54, 1.807) is 0 Å². The highest BCUT2D eigenvalue weighted by Gasteiger charge is 2.01. The van der Waals surface area contributed by atoms with Crippen LogP contribution in [0.1, 0.15) is 19.8 Å². The van der Waals surface area contributed by atoms with Crippen LogP contribution in [0.3, 0.4) is 0 Å². The largest absolute Gasteiger partial charge is 0.383 e. The van der Waals surface area contributed by atoms with E-state index in [0.717, 1.165) is 18.7 Å². The van der Waals surface area contributed by atoms with E-state index in [4.69, 9.17) is 11.6 Å². The van der Waals surface area contributed by atoms with E-state index in [1.165, 1.54) is 0 Å². The molecule has 0 bridgehead atoms. The Morgan fingerprint density at radius 3 is 2.75 bits per heavy atom. The molecule has 3 nitrogen and oxygen atoms in total. The highest BCUT2D eigenvalue weighted by molar-refractivity contribution is 6.33. The Kier molecular flexibility index (Phi) is 5.72. The standard InChI is InChI=1S/C12H17ClN2O/c1-2-8-15-12(16)7-9-14-11-6-4-3-5-10(11)13/h3-6,14H,2,7-9H2,1H3,(H,15,16). The van der Waals surface area contributed by atoms with Gasteiger partial charge in [-0.05, 0) is 18.6 Å². The van der Waals surface area contributed by atoms with Crippen LogP contribution in [-0.2, 0) is 4.79 Å². The van der Waals surface area contributed by atoms with Crippen LogP contribution in [0.2, 0.25) is 5.02 Å². The number of anilines is 1. The molecule has 1 rings (SSSR count). The molecule has 16 heavy (non-hydrogen) atoms. The van der Waals surface area contributed by atoms with Crippen molar-refractivity contribution in [2.24, 2.45) is 0 Å². The van der Waals surface area contributed by atoms with Crippen molar-refractivity contribution in [1.29, 1.82) is 0 Å². The predicted molar refractivity (Wildman–Crippen MR) is 67.9 cm³/mol. The lowest BCUT2D eigenvalue weighted by Gasteiger charge is -2.08.